The summed E-state index contributed by atoms with van der Waals surface area (Å²) >= 11 is 1.49. The molecule has 5 nitrogen and oxygen atoms in total. The van der Waals surface area contributed by atoms with E-state index in [1.54, 1.807) is 6.08 Å². The summed E-state index contributed by atoms with van der Waals surface area (Å²) in [6.45, 7) is 1.84. The summed E-state index contributed by atoms with van der Waals surface area (Å²) in [6, 6.07) is 19.6. The minimum atomic E-state index is 0.166. The van der Waals surface area contributed by atoms with Crippen LogP contribution >= 0.6 is 11.3 Å². The Morgan fingerprint density at radius 1 is 1.21 bits per heavy atom. The minimum absolute atomic E-state index is 0.166. The van der Waals surface area contributed by atoms with Gasteiger partial charge in [-0.15, -0.1) is 0 Å². The second-order valence-electron chi connectivity index (χ2n) is 6.25. The summed E-state index contributed by atoms with van der Waals surface area (Å²) in [5.41, 5.74) is 5.46. The predicted octanol–water partition coefficient (Wildman–Crippen LogP) is 5.47. The minimum Gasteiger partial charge on any atom is -0.507 e. The van der Waals surface area contributed by atoms with E-state index in [0.717, 1.165) is 26.6 Å². The molecule has 4 rings (SSSR count). The summed E-state index contributed by atoms with van der Waals surface area (Å²) in [5, 5.41) is 26.7. The molecule has 0 aliphatic rings. The molecule has 2 N–H and O–H groups in total. The number of aromatic hydroxyl groups is 1. The Hall–Kier alpha value is -3.69. The van der Waals surface area contributed by atoms with E-state index in [0.29, 0.717) is 16.3 Å². The van der Waals surface area contributed by atoms with Gasteiger partial charge in [0.15, 0.2) is 0 Å². The summed E-state index contributed by atoms with van der Waals surface area (Å²) < 4.78 is 1.06. The Bertz CT molecular complexity index is 1250. The highest BCUT2D eigenvalue weighted by molar-refractivity contribution is 7.22. The normalized spacial score (nSPS) is 11.9. The van der Waals surface area contributed by atoms with Crippen LogP contribution in [0.15, 0.2) is 65.3 Å². The van der Waals surface area contributed by atoms with Crippen LogP contribution in [0, 0.1) is 18.3 Å². The zero-order chi connectivity index (χ0) is 19.5. The smallest absolute Gasteiger partial charge is 0.204 e. The lowest BCUT2D eigenvalue weighted by Crippen LogP contribution is -1.91. The number of fused-ring (bicyclic) bond motifs is 2. The molecular weight excluding hydrogens is 368 g/mol. The standard InChI is InChI=1S/C22H16N4OS/c1-14-10-16-6-2-3-7-17(16)18(21(14)27)11-15(12-23)13-24-26-22-25-19-8-4-5-9-20(19)28-22/h2-11,13,27H,1H3,(H,25,26)/b15-11+,24-13-. The average Bonchev–Trinajstić information content (AvgIpc) is 3.13. The number of phenolic OH excluding ortho intramolecular Hbond substituents is 1. The number of hydrogen-bond donors (Lipinski definition) is 2. The molecule has 0 bridgehead atoms. The molecule has 0 amide bonds. The quantitative estimate of drug-likeness (QED) is 0.278. The summed E-state index contributed by atoms with van der Waals surface area (Å²) in [5.74, 6) is 0.166. The lowest BCUT2D eigenvalue weighted by molar-refractivity contribution is 0.471. The second-order valence-corrected chi connectivity index (χ2v) is 7.28. The lowest BCUT2D eigenvalue weighted by Gasteiger charge is -2.08. The fraction of sp³-hybridized carbons (Fsp3) is 0.0455. The van der Waals surface area contributed by atoms with Gasteiger partial charge in [0.2, 0.25) is 5.13 Å². The highest BCUT2D eigenvalue weighted by Gasteiger charge is 2.09. The molecular formula is C22H16N4OS. The lowest BCUT2D eigenvalue weighted by atomic mass is 9.98. The number of para-hydroxylation sites is 1. The maximum absolute atomic E-state index is 10.5. The molecule has 28 heavy (non-hydrogen) atoms. The fourth-order valence-electron chi connectivity index (χ4n) is 2.99. The van der Waals surface area contributed by atoms with Gasteiger partial charge in [-0.1, -0.05) is 47.7 Å². The van der Waals surface area contributed by atoms with Crippen molar-refractivity contribution in [1.29, 1.82) is 5.26 Å². The van der Waals surface area contributed by atoms with Crippen molar-refractivity contribution in [2.24, 2.45) is 5.10 Å². The molecule has 0 atom stereocenters. The highest BCUT2D eigenvalue weighted by atomic mass is 32.1. The molecule has 0 spiro atoms. The van der Waals surface area contributed by atoms with Crippen LogP contribution in [0.4, 0.5) is 5.13 Å². The zero-order valence-electron chi connectivity index (χ0n) is 15.0. The van der Waals surface area contributed by atoms with Crippen LogP contribution in [-0.2, 0) is 0 Å². The molecule has 1 aromatic heterocycles. The van der Waals surface area contributed by atoms with Crippen molar-refractivity contribution in [3.05, 3.63) is 71.3 Å². The van der Waals surface area contributed by atoms with Crippen molar-refractivity contribution in [2.45, 2.75) is 6.92 Å². The first kappa shape index (κ1) is 17.7. The Morgan fingerprint density at radius 2 is 2.00 bits per heavy atom. The molecule has 0 saturated heterocycles. The van der Waals surface area contributed by atoms with Crippen molar-refractivity contribution < 1.29 is 5.11 Å². The first-order chi connectivity index (χ1) is 13.7. The number of aromatic nitrogens is 1. The fourth-order valence-corrected chi connectivity index (χ4v) is 3.80. The summed E-state index contributed by atoms with van der Waals surface area (Å²) in [6.07, 6.45) is 3.08. The topological polar surface area (TPSA) is 81.3 Å². The van der Waals surface area contributed by atoms with Gasteiger partial charge in [-0.05, 0) is 47.5 Å². The van der Waals surface area contributed by atoms with E-state index in [-0.39, 0.29) is 5.75 Å². The van der Waals surface area contributed by atoms with E-state index in [1.807, 2.05) is 61.5 Å². The van der Waals surface area contributed by atoms with Crippen LogP contribution in [0.25, 0.3) is 27.1 Å². The van der Waals surface area contributed by atoms with Gasteiger partial charge >= 0.3 is 0 Å². The Labute approximate surface area is 165 Å². The largest absolute Gasteiger partial charge is 0.507 e. The molecule has 4 aromatic rings. The molecule has 0 unspecified atom stereocenters. The van der Waals surface area contributed by atoms with Gasteiger partial charge in [0.05, 0.1) is 22.0 Å². The zero-order valence-corrected chi connectivity index (χ0v) is 15.9. The number of benzene rings is 3. The van der Waals surface area contributed by atoms with E-state index >= 15 is 0 Å². The van der Waals surface area contributed by atoms with Crippen molar-refractivity contribution in [1.82, 2.24) is 4.98 Å². The molecule has 0 aliphatic carbocycles. The average molecular weight is 384 g/mol. The number of thiazole rings is 1. The van der Waals surface area contributed by atoms with E-state index in [9.17, 15) is 10.4 Å². The highest BCUT2D eigenvalue weighted by Crippen LogP contribution is 2.32. The van der Waals surface area contributed by atoms with Crippen LogP contribution in [0.5, 0.6) is 5.75 Å². The molecule has 6 heteroatoms. The number of hydrogen-bond acceptors (Lipinski definition) is 6. The Morgan fingerprint density at radius 3 is 2.82 bits per heavy atom. The number of nitrogens with one attached hydrogen (secondary N) is 1. The monoisotopic (exact) mass is 384 g/mol. The van der Waals surface area contributed by atoms with Crippen molar-refractivity contribution >= 4 is 49.7 Å². The van der Waals surface area contributed by atoms with Gasteiger partial charge in [-0.2, -0.15) is 10.4 Å². The van der Waals surface area contributed by atoms with Crippen LogP contribution < -0.4 is 5.43 Å². The number of nitriles is 1. The van der Waals surface area contributed by atoms with Crippen LogP contribution in [0.3, 0.4) is 0 Å². The third kappa shape index (κ3) is 3.43. The number of hydrazone groups is 1. The third-order valence-electron chi connectivity index (χ3n) is 4.34. The van der Waals surface area contributed by atoms with Crippen LogP contribution in [-0.4, -0.2) is 16.3 Å². The van der Waals surface area contributed by atoms with Gasteiger partial charge in [-0.25, -0.2) is 4.98 Å². The molecule has 0 fully saturated rings. The second kappa shape index (κ2) is 7.51. The molecule has 0 aliphatic heterocycles. The number of phenols is 1. The number of nitrogens with zero attached hydrogens (tertiary/aromatic N) is 3. The predicted molar refractivity (Wildman–Crippen MR) is 116 cm³/mol. The number of rotatable bonds is 4. The first-order valence-corrected chi connectivity index (χ1v) is 9.45. The van der Waals surface area contributed by atoms with E-state index in [2.05, 4.69) is 21.6 Å². The van der Waals surface area contributed by atoms with Gasteiger partial charge in [-0.3, -0.25) is 5.43 Å². The van der Waals surface area contributed by atoms with E-state index < -0.39 is 0 Å². The molecule has 136 valence electrons. The number of allylic oxidation sites excluding steroid dienone is 1. The van der Waals surface area contributed by atoms with E-state index in [1.165, 1.54) is 17.6 Å². The molecule has 0 saturated carbocycles. The first-order valence-electron chi connectivity index (χ1n) is 8.63. The maximum Gasteiger partial charge on any atom is 0.204 e. The molecule has 0 radical (unpaired) electrons. The van der Waals surface area contributed by atoms with Crippen molar-refractivity contribution in [2.75, 3.05) is 5.43 Å². The summed E-state index contributed by atoms with van der Waals surface area (Å²) in [7, 11) is 0. The SMILES string of the molecule is Cc1cc2ccccc2c(/C=C(C#N)/C=N\Nc2nc3ccccc3s2)c1O. The van der Waals surface area contributed by atoms with Crippen molar-refractivity contribution in [3.8, 4) is 11.8 Å². The third-order valence-corrected chi connectivity index (χ3v) is 5.28. The molecule has 1 heterocycles. The van der Waals surface area contributed by atoms with Gasteiger partial charge in [0.1, 0.15) is 11.8 Å². The van der Waals surface area contributed by atoms with Gasteiger partial charge < -0.3 is 5.11 Å². The number of anilines is 1. The van der Waals surface area contributed by atoms with Gasteiger partial charge in [0, 0.05) is 5.56 Å². The number of aryl methyl sites for hydroxylation is 1. The Balaban J connectivity index is 1.65. The molecule has 3 aromatic carbocycles. The Kier molecular flexibility index (Phi) is 4.75. The van der Waals surface area contributed by atoms with E-state index in [4.69, 9.17) is 0 Å². The van der Waals surface area contributed by atoms with Crippen molar-refractivity contribution in [3.63, 3.8) is 0 Å². The van der Waals surface area contributed by atoms with Gasteiger partial charge in [0.25, 0.3) is 0 Å². The maximum atomic E-state index is 10.5. The van der Waals surface area contributed by atoms with Crippen LogP contribution in [0.1, 0.15) is 11.1 Å². The van der Waals surface area contributed by atoms with Crippen LogP contribution in [0.2, 0.25) is 0 Å². The summed E-state index contributed by atoms with van der Waals surface area (Å²) in [4.78, 5) is 4.44.